The van der Waals surface area contributed by atoms with E-state index in [2.05, 4.69) is 15.5 Å². The second-order valence-electron chi connectivity index (χ2n) is 7.23. The Morgan fingerprint density at radius 2 is 1.81 bits per heavy atom. The van der Waals surface area contributed by atoms with Crippen molar-refractivity contribution in [2.24, 2.45) is 0 Å². The minimum atomic E-state index is -0.401. The number of fused-ring (bicyclic) bond motifs is 2. The van der Waals surface area contributed by atoms with Gasteiger partial charge in [-0.15, -0.1) is 0 Å². The predicted octanol–water partition coefficient (Wildman–Crippen LogP) is 3.36. The van der Waals surface area contributed by atoms with Crippen LogP contribution in [0.4, 0.5) is 5.69 Å². The number of para-hydroxylation sites is 2. The van der Waals surface area contributed by atoms with E-state index in [0.29, 0.717) is 22.6 Å². The second kappa shape index (κ2) is 7.99. The van der Waals surface area contributed by atoms with Gasteiger partial charge >= 0.3 is 0 Å². The Labute approximate surface area is 182 Å². The Hall–Kier alpha value is -4.46. The molecular weight excluding hydrogens is 406 g/mol. The number of nitrogens with zero attached hydrogens (tertiary/aromatic N) is 4. The fourth-order valence-corrected chi connectivity index (χ4v) is 3.70. The molecule has 1 N–H and O–H groups in total. The Kier molecular flexibility index (Phi) is 4.87. The lowest BCUT2D eigenvalue weighted by Gasteiger charge is -2.10. The van der Waals surface area contributed by atoms with Crippen LogP contribution in [0.2, 0.25) is 0 Å². The average molecular weight is 425 g/mol. The summed E-state index contributed by atoms with van der Waals surface area (Å²) in [4.78, 5) is 25.5. The maximum absolute atomic E-state index is 13.0. The molecule has 0 fully saturated rings. The molecule has 1 amide bonds. The van der Waals surface area contributed by atoms with Crippen molar-refractivity contribution in [1.29, 1.82) is 0 Å². The second-order valence-corrected chi connectivity index (χ2v) is 7.23. The summed E-state index contributed by atoms with van der Waals surface area (Å²) in [5.41, 5.74) is 2.05. The minimum absolute atomic E-state index is 0.234. The Bertz CT molecular complexity index is 1510. The first kappa shape index (κ1) is 19.5. The van der Waals surface area contributed by atoms with E-state index in [1.54, 1.807) is 24.3 Å². The molecular formula is C24H19N5O3. The summed E-state index contributed by atoms with van der Waals surface area (Å²) in [6, 6.07) is 22.7. The summed E-state index contributed by atoms with van der Waals surface area (Å²) >= 11 is 0. The van der Waals surface area contributed by atoms with Gasteiger partial charge in [-0.3, -0.25) is 9.59 Å². The van der Waals surface area contributed by atoms with Crippen LogP contribution in [0.1, 0.15) is 0 Å². The van der Waals surface area contributed by atoms with Crippen molar-refractivity contribution in [2.45, 2.75) is 6.54 Å². The quantitative estimate of drug-likeness (QED) is 0.466. The molecule has 2 heterocycles. The summed E-state index contributed by atoms with van der Waals surface area (Å²) in [7, 11) is 1.53. The fourth-order valence-electron chi connectivity index (χ4n) is 3.70. The number of amides is 1. The number of hydrogen-bond donors (Lipinski definition) is 1. The summed E-state index contributed by atoms with van der Waals surface area (Å²) in [6.45, 7) is -0.234. The van der Waals surface area contributed by atoms with Crippen LogP contribution in [0.25, 0.3) is 27.5 Å². The monoisotopic (exact) mass is 425 g/mol. The number of hydrogen-bond acceptors (Lipinski definition) is 5. The van der Waals surface area contributed by atoms with Gasteiger partial charge in [0.1, 0.15) is 24.1 Å². The number of benzene rings is 3. The maximum atomic E-state index is 13.0. The minimum Gasteiger partial charge on any atom is -0.495 e. The van der Waals surface area contributed by atoms with Gasteiger partial charge in [0.05, 0.1) is 18.5 Å². The van der Waals surface area contributed by atoms with Gasteiger partial charge in [0.25, 0.3) is 5.56 Å². The van der Waals surface area contributed by atoms with Crippen molar-refractivity contribution in [2.75, 3.05) is 12.4 Å². The normalized spacial score (nSPS) is 11.0. The smallest absolute Gasteiger partial charge is 0.293 e. The van der Waals surface area contributed by atoms with Crippen molar-refractivity contribution in [3.8, 4) is 17.0 Å². The van der Waals surface area contributed by atoms with E-state index in [1.807, 2.05) is 48.5 Å². The van der Waals surface area contributed by atoms with Crippen molar-refractivity contribution in [3.05, 3.63) is 89.5 Å². The topological polar surface area (TPSA) is 90.5 Å². The van der Waals surface area contributed by atoms with Gasteiger partial charge in [0.15, 0.2) is 0 Å². The Balaban J connectivity index is 1.47. The summed E-state index contributed by atoms with van der Waals surface area (Å²) < 4.78 is 7.80. The zero-order valence-electron chi connectivity index (χ0n) is 17.2. The molecule has 0 saturated heterocycles. The van der Waals surface area contributed by atoms with Crippen LogP contribution in [-0.2, 0) is 11.3 Å². The molecule has 0 bridgehead atoms. The molecule has 0 aliphatic carbocycles. The molecule has 0 saturated carbocycles. The first-order valence-corrected chi connectivity index (χ1v) is 10.0. The standard InChI is InChI=1S/C24H19N5O3/c1-32-22-12-5-4-11-19(22)26-23(30)14-28-24(31)21-13-20(27-29(21)15-25-28)18-10-6-8-16-7-2-3-9-17(16)18/h2-13,15H,14H2,1H3,(H,26,30). The van der Waals surface area contributed by atoms with E-state index < -0.39 is 5.56 Å². The number of nitrogens with one attached hydrogen (secondary N) is 1. The van der Waals surface area contributed by atoms with Gasteiger partial charge in [-0.2, -0.15) is 10.2 Å². The van der Waals surface area contributed by atoms with E-state index in [9.17, 15) is 9.59 Å². The van der Waals surface area contributed by atoms with Crippen LogP contribution in [0.5, 0.6) is 5.75 Å². The first-order chi connectivity index (χ1) is 15.6. The van der Waals surface area contributed by atoms with Crippen LogP contribution in [0, 0.1) is 0 Å². The summed E-state index contributed by atoms with van der Waals surface area (Å²) in [5.74, 6) is 0.148. The number of rotatable bonds is 5. The molecule has 0 atom stereocenters. The number of aromatic nitrogens is 4. The molecule has 0 aliphatic heterocycles. The summed E-state index contributed by atoms with van der Waals surface area (Å²) in [6.07, 6.45) is 1.43. The zero-order valence-corrected chi connectivity index (χ0v) is 17.2. The third-order valence-corrected chi connectivity index (χ3v) is 5.23. The van der Waals surface area contributed by atoms with E-state index in [-0.39, 0.29) is 12.5 Å². The average Bonchev–Trinajstić information content (AvgIpc) is 3.26. The van der Waals surface area contributed by atoms with Crippen molar-refractivity contribution >= 4 is 27.9 Å². The maximum Gasteiger partial charge on any atom is 0.293 e. The lowest BCUT2D eigenvalue weighted by atomic mass is 10.0. The van der Waals surface area contributed by atoms with E-state index in [0.717, 1.165) is 21.0 Å². The zero-order chi connectivity index (χ0) is 22.1. The summed E-state index contributed by atoms with van der Waals surface area (Å²) in [5, 5.41) is 13.5. The molecule has 5 aromatic rings. The molecule has 5 rings (SSSR count). The highest BCUT2D eigenvalue weighted by Crippen LogP contribution is 2.28. The van der Waals surface area contributed by atoms with Gasteiger partial charge in [0, 0.05) is 5.56 Å². The van der Waals surface area contributed by atoms with Crippen LogP contribution in [0.15, 0.2) is 83.9 Å². The molecule has 32 heavy (non-hydrogen) atoms. The first-order valence-electron chi connectivity index (χ1n) is 10.0. The molecule has 0 aliphatic rings. The molecule has 2 aromatic heterocycles. The fraction of sp³-hybridized carbons (Fsp3) is 0.0833. The number of carbonyl (C=O) groups is 1. The van der Waals surface area contributed by atoms with Crippen LogP contribution < -0.4 is 15.6 Å². The molecule has 3 aromatic carbocycles. The highest BCUT2D eigenvalue weighted by atomic mass is 16.5. The van der Waals surface area contributed by atoms with Gasteiger partial charge in [-0.05, 0) is 29.0 Å². The van der Waals surface area contributed by atoms with Crippen LogP contribution in [0.3, 0.4) is 0 Å². The largest absolute Gasteiger partial charge is 0.495 e. The van der Waals surface area contributed by atoms with Gasteiger partial charge < -0.3 is 10.1 Å². The van der Waals surface area contributed by atoms with E-state index >= 15 is 0 Å². The lowest BCUT2D eigenvalue weighted by molar-refractivity contribution is -0.117. The third kappa shape index (κ3) is 3.47. The number of anilines is 1. The number of methoxy groups -OCH3 is 1. The van der Waals surface area contributed by atoms with Crippen LogP contribution in [-0.4, -0.2) is 32.4 Å². The van der Waals surface area contributed by atoms with E-state index in [1.165, 1.54) is 18.0 Å². The number of carbonyl (C=O) groups excluding carboxylic acids is 1. The van der Waals surface area contributed by atoms with Gasteiger partial charge in [0.2, 0.25) is 5.91 Å². The van der Waals surface area contributed by atoms with Crippen molar-refractivity contribution < 1.29 is 9.53 Å². The molecule has 0 spiro atoms. The van der Waals surface area contributed by atoms with Gasteiger partial charge in [-0.25, -0.2) is 9.20 Å². The molecule has 0 unspecified atom stereocenters. The highest BCUT2D eigenvalue weighted by Gasteiger charge is 2.14. The Morgan fingerprint density at radius 3 is 2.69 bits per heavy atom. The van der Waals surface area contributed by atoms with Gasteiger partial charge in [-0.1, -0.05) is 54.6 Å². The van der Waals surface area contributed by atoms with Crippen LogP contribution >= 0.6 is 0 Å². The molecule has 0 radical (unpaired) electrons. The predicted molar refractivity (Wildman–Crippen MR) is 122 cm³/mol. The van der Waals surface area contributed by atoms with Crippen molar-refractivity contribution in [3.63, 3.8) is 0 Å². The SMILES string of the molecule is COc1ccccc1NC(=O)Cn1ncn2nc(-c3cccc4ccccc34)cc2c1=O. The van der Waals surface area contributed by atoms with Crippen molar-refractivity contribution in [1.82, 2.24) is 19.4 Å². The third-order valence-electron chi connectivity index (χ3n) is 5.23. The molecule has 8 nitrogen and oxygen atoms in total. The lowest BCUT2D eigenvalue weighted by Crippen LogP contribution is -2.30. The number of ether oxygens (including phenoxy) is 1. The highest BCUT2D eigenvalue weighted by molar-refractivity contribution is 5.96. The van der Waals surface area contributed by atoms with E-state index in [4.69, 9.17) is 4.74 Å². The molecule has 8 heteroatoms. The Morgan fingerprint density at radius 1 is 1.03 bits per heavy atom. The molecule has 158 valence electrons.